The molecule has 3 aliphatic rings. The Balaban J connectivity index is 1.25. The van der Waals surface area contributed by atoms with Crippen LogP contribution in [0.2, 0.25) is 4.34 Å². The van der Waals surface area contributed by atoms with Gasteiger partial charge in [0.25, 0.3) is 5.91 Å². The van der Waals surface area contributed by atoms with E-state index in [1.807, 2.05) is 17.0 Å². The van der Waals surface area contributed by atoms with Gasteiger partial charge in [0.2, 0.25) is 6.79 Å². The van der Waals surface area contributed by atoms with Crippen molar-refractivity contribution in [2.75, 3.05) is 19.9 Å². The Hall–Kier alpha value is -1.96. The van der Waals surface area contributed by atoms with Crippen molar-refractivity contribution in [3.8, 4) is 17.2 Å². The van der Waals surface area contributed by atoms with Crippen LogP contribution in [0.1, 0.15) is 22.5 Å². The number of rotatable bonds is 3. The number of halogens is 1. The molecule has 3 heterocycles. The average molecular weight is 422 g/mol. The molecule has 2 aliphatic heterocycles. The summed E-state index contributed by atoms with van der Waals surface area (Å²) in [7, 11) is 0. The summed E-state index contributed by atoms with van der Waals surface area (Å²) in [5, 5.41) is 10.6. The van der Waals surface area contributed by atoms with Gasteiger partial charge in [0.15, 0.2) is 11.5 Å². The van der Waals surface area contributed by atoms with E-state index in [0.717, 1.165) is 6.42 Å². The molecule has 4 atom stereocenters. The fourth-order valence-corrected chi connectivity index (χ4v) is 5.40. The molecule has 1 saturated carbocycles. The number of hydrogen-bond acceptors (Lipinski definition) is 6. The molecule has 0 bridgehead atoms. The summed E-state index contributed by atoms with van der Waals surface area (Å²) >= 11 is 7.27. The average Bonchev–Trinajstić information content (AvgIpc) is 3.40. The second-order valence-corrected chi connectivity index (χ2v) is 9.26. The van der Waals surface area contributed by atoms with E-state index in [1.54, 1.807) is 18.2 Å². The Morgan fingerprint density at radius 2 is 1.93 bits per heavy atom. The molecule has 6 nitrogen and oxygen atoms in total. The summed E-state index contributed by atoms with van der Waals surface area (Å²) in [4.78, 5) is 15.3. The minimum atomic E-state index is -0.557. The Labute approximate surface area is 171 Å². The van der Waals surface area contributed by atoms with Gasteiger partial charge in [-0.3, -0.25) is 4.79 Å². The fraction of sp³-hybridized carbons (Fsp3) is 0.450. The zero-order valence-corrected chi connectivity index (χ0v) is 16.6. The number of amides is 1. The number of nitrogens with zero attached hydrogens (tertiary/aromatic N) is 1. The van der Waals surface area contributed by atoms with Crippen molar-refractivity contribution < 1.29 is 24.1 Å². The van der Waals surface area contributed by atoms with Crippen molar-refractivity contribution in [3.63, 3.8) is 0 Å². The summed E-state index contributed by atoms with van der Waals surface area (Å²) in [5.74, 6) is 2.66. The first kappa shape index (κ1) is 18.1. The van der Waals surface area contributed by atoms with Gasteiger partial charge >= 0.3 is 0 Å². The van der Waals surface area contributed by atoms with Gasteiger partial charge in [-0.15, -0.1) is 11.3 Å². The molecule has 1 N–H and O–H groups in total. The third-order valence-corrected chi connectivity index (χ3v) is 7.01. The maximum Gasteiger partial charge on any atom is 0.263 e. The number of ether oxygens (including phenoxy) is 3. The minimum absolute atomic E-state index is 0.0222. The lowest BCUT2D eigenvalue weighted by atomic mass is 9.78. The molecule has 148 valence electrons. The highest BCUT2D eigenvalue weighted by molar-refractivity contribution is 7.17. The number of hydrogen-bond donors (Lipinski definition) is 1. The van der Waals surface area contributed by atoms with Crippen LogP contribution in [0.25, 0.3) is 0 Å². The van der Waals surface area contributed by atoms with Gasteiger partial charge in [0, 0.05) is 19.2 Å². The van der Waals surface area contributed by atoms with Crippen LogP contribution in [-0.4, -0.2) is 48.0 Å². The van der Waals surface area contributed by atoms with E-state index < -0.39 is 6.10 Å². The number of carbonyl (C=O) groups excluding carboxylic acids is 1. The van der Waals surface area contributed by atoms with Crippen molar-refractivity contribution in [1.29, 1.82) is 0 Å². The molecule has 1 aromatic heterocycles. The second-order valence-electron chi connectivity index (χ2n) is 7.54. The lowest BCUT2D eigenvalue weighted by molar-refractivity contribution is -0.0232. The Kier molecular flexibility index (Phi) is 4.61. The van der Waals surface area contributed by atoms with Crippen LogP contribution < -0.4 is 14.2 Å². The van der Waals surface area contributed by atoms with Gasteiger partial charge in [-0.05, 0) is 48.9 Å². The van der Waals surface area contributed by atoms with Crippen molar-refractivity contribution >= 4 is 28.8 Å². The van der Waals surface area contributed by atoms with Crippen molar-refractivity contribution in [2.24, 2.45) is 11.8 Å². The minimum Gasteiger partial charge on any atom is -0.488 e. The predicted octanol–water partition coefficient (Wildman–Crippen LogP) is 3.42. The highest BCUT2D eigenvalue weighted by Crippen LogP contribution is 2.40. The zero-order chi connectivity index (χ0) is 19.3. The third kappa shape index (κ3) is 3.32. The summed E-state index contributed by atoms with van der Waals surface area (Å²) in [6, 6.07) is 8.97. The first-order valence-electron chi connectivity index (χ1n) is 9.36. The summed E-state index contributed by atoms with van der Waals surface area (Å²) < 4.78 is 17.4. The highest BCUT2D eigenvalue weighted by Gasteiger charge is 2.44. The molecule has 8 heteroatoms. The van der Waals surface area contributed by atoms with Crippen LogP contribution in [0.15, 0.2) is 30.3 Å². The van der Waals surface area contributed by atoms with Gasteiger partial charge in [-0.25, -0.2) is 0 Å². The molecule has 1 saturated heterocycles. The van der Waals surface area contributed by atoms with Gasteiger partial charge in [-0.2, -0.15) is 0 Å². The lowest BCUT2D eigenvalue weighted by Gasteiger charge is -2.35. The largest absolute Gasteiger partial charge is 0.488 e. The van der Waals surface area contributed by atoms with E-state index in [-0.39, 0.29) is 18.8 Å². The van der Waals surface area contributed by atoms with Gasteiger partial charge in [0.05, 0.1) is 15.3 Å². The molecule has 0 unspecified atom stereocenters. The van der Waals surface area contributed by atoms with E-state index >= 15 is 0 Å². The maximum absolute atomic E-state index is 12.7. The number of thiophene rings is 1. The highest BCUT2D eigenvalue weighted by atomic mass is 35.5. The Morgan fingerprint density at radius 1 is 1.14 bits per heavy atom. The van der Waals surface area contributed by atoms with Gasteiger partial charge in [0.1, 0.15) is 11.9 Å². The molecule has 1 amide bonds. The van der Waals surface area contributed by atoms with E-state index in [2.05, 4.69) is 0 Å². The molecular formula is C20H20ClNO5S. The molecule has 28 heavy (non-hydrogen) atoms. The molecule has 1 aliphatic carbocycles. The standard InChI is InChI=1S/C20H20ClNO5S/c21-19-4-3-18(28-19)20(24)22-8-11-5-14(23)16(6-12(11)9-22)27-13-1-2-15-17(7-13)26-10-25-15/h1-4,7,11-12,14,16,23H,5-6,8-10H2/t11-,12+,14+,16+/m0/s1. The van der Waals surface area contributed by atoms with Crippen LogP contribution >= 0.6 is 22.9 Å². The molecule has 2 aromatic rings. The monoisotopic (exact) mass is 421 g/mol. The lowest BCUT2D eigenvalue weighted by Crippen LogP contribution is -2.42. The number of carbonyl (C=O) groups is 1. The molecular weight excluding hydrogens is 402 g/mol. The van der Waals surface area contributed by atoms with Crippen LogP contribution in [0.4, 0.5) is 0 Å². The van der Waals surface area contributed by atoms with Crippen LogP contribution in [0, 0.1) is 11.8 Å². The number of fused-ring (bicyclic) bond motifs is 2. The number of aliphatic hydroxyl groups is 1. The summed E-state index contributed by atoms with van der Waals surface area (Å²) in [6.45, 7) is 1.58. The second kappa shape index (κ2) is 7.13. The molecule has 0 spiro atoms. The molecule has 1 aromatic carbocycles. The topological polar surface area (TPSA) is 68.2 Å². The number of likely N-dealkylation sites (tertiary alicyclic amines) is 1. The Morgan fingerprint density at radius 3 is 2.71 bits per heavy atom. The van der Waals surface area contributed by atoms with Crippen molar-refractivity contribution in [3.05, 3.63) is 39.5 Å². The summed E-state index contributed by atoms with van der Waals surface area (Å²) in [6.07, 6.45) is 0.496. The summed E-state index contributed by atoms with van der Waals surface area (Å²) in [5.41, 5.74) is 0. The predicted molar refractivity (Wildman–Crippen MR) is 104 cm³/mol. The molecule has 0 radical (unpaired) electrons. The molecule has 2 fully saturated rings. The van der Waals surface area contributed by atoms with Gasteiger partial charge in [-0.1, -0.05) is 11.6 Å². The third-order valence-electron chi connectivity index (χ3n) is 5.79. The zero-order valence-electron chi connectivity index (χ0n) is 15.0. The SMILES string of the molecule is O=C(c1ccc(Cl)s1)N1C[C@H]2C[C@@H](Oc3ccc4c(c3)OCO4)[C@H](O)C[C@H]2C1. The van der Waals surface area contributed by atoms with Crippen LogP contribution in [-0.2, 0) is 0 Å². The molecule has 5 rings (SSSR count). The number of benzene rings is 1. The Bertz CT molecular complexity index is 902. The fourth-order valence-electron chi connectivity index (χ4n) is 4.39. The first-order chi connectivity index (χ1) is 13.6. The van der Waals surface area contributed by atoms with E-state index in [1.165, 1.54) is 11.3 Å². The van der Waals surface area contributed by atoms with Crippen molar-refractivity contribution in [2.45, 2.75) is 25.0 Å². The first-order valence-corrected chi connectivity index (χ1v) is 10.6. The van der Waals surface area contributed by atoms with E-state index in [4.69, 9.17) is 25.8 Å². The van der Waals surface area contributed by atoms with Crippen molar-refractivity contribution in [1.82, 2.24) is 4.90 Å². The van der Waals surface area contributed by atoms with Crippen LogP contribution in [0.3, 0.4) is 0 Å². The number of aliphatic hydroxyl groups excluding tert-OH is 1. The normalized spacial score (nSPS) is 28.3. The van der Waals surface area contributed by atoms with Gasteiger partial charge < -0.3 is 24.2 Å². The maximum atomic E-state index is 12.7. The van der Waals surface area contributed by atoms with E-state index in [9.17, 15) is 9.90 Å². The van der Waals surface area contributed by atoms with E-state index in [0.29, 0.717) is 57.8 Å². The quantitative estimate of drug-likeness (QED) is 0.822. The smallest absolute Gasteiger partial charge is 0.263 e. The van der Waals surface area contributed by atoms with Crippen LogP contribution in [0.5, 0.6) is 17.2 Å².